The van der Waals surface area contributed by atoms with E-state index < -0.39 is 0 Å². The quantitative estimate of drug-likeness (QED) is 0.888. The second kappa shape index (κ2) is 7.04. The smallest absolute Gasteiger partial charge is 0.161 e. The van der Waals surface area contributed by atoms with Crippen LogP contribution in [0.1, 0.15) is 24.2 Å². The van der Waals surface area contributed by atoms with Gasteiger partial charge in [0.2, 0.25) is 0 Å². The summed E-state index contributed by atoms with van der Waals surface area (Å²) in [5.41, 5.74) is 1.23. The van der Waals surface area contributed by atoms with Gasteiger partial charge in [-0.1, -0.05) is 13.0 Å². The van der Waals surface area contributed by atoms with E-state index in [9.17, 15) is 4.39 Å². The summed E-state index contributed by atoms with van der Waals surface area (Å²) in [6.07, 6.45) is 1.59. The van der Waals surface area contributed by atoms with Crippen molar-refractivity contribution in [3.63, 3.8) is 0 Å². The van der Waals surface area contributed by atoms with E-state index in [2.05, 4.69) is 10.3 Å². The highest BCUT2D eigenvalue weighted by Gasteiger charge is 2.19. The summed E-state index contributed by atoms with van der Waals surface area (Å²) >= 11 is 0. The normalized spacial score (nSPS) is 12.0. The number of ether oxygens (including phenoxy) is 2. The molecule has 0 spiro atoms. The molecule has 0 saturated carbocycles. The Kier molecular flexibility index (Phi) is 5.11. The highest BCUT2D eigenvalue weighted by Crippen LogP contribution is 2.32. The minimum atomic E-state index is -0.337. The van der Waals surface area contributed by atoms with Gasteiger partial charge in [0.05, 0.1) is 26.0 Å². The second-order valence-corrected chi connectivity index (χ2v) is 4.48. The molecule has 1 atom stereocenters. The van der Waals surface area contributed by atoms with E-state index in [1.165, 1.54) is 6.07 Å². The van der Waals surface area contributed by atoms with Crippen LogP contribution in [0.4, 0.5) is 4.39 Å². The molecule has 0 saturated heterocycles. The molecule has 112 valence electrons. The molecule has 1 N–H and O–H groups in total. The van der Waals surface area contributed by atoms with Crippen molar-refractivity contribution in [1.29, 1.82) is 0 Å². The van der Waals surface area contributed by atoms with Gasteiger partial charge in [0.25, 0.3) is 0 Å². The molecule has 0 radical (unpaired) electrons. The topological polar surface area (TPSA) is 43.4 Å². The van der Waals surface area contributed by atoms with Gasteiger partial charge in [-0.15, -0.1) is 0 Å². The van der Waals surface area contributed by atoms with E-state index in [1.807, 2.05) is 19.1 Å². The molecule has 0 amide bonds. The van der Waals surface area contributed by atoms with Crippen molar-refractivity contribution in [2.75, 3.05) is 20.8 Å². The van der Waals surface area contributed by atoms with Gasteiger partial charge in [0.1, 0.15) is 5.82 Å². The number of aromatic nitrogens is 1. The van der Waals surface area contributed by atoms with Gasteiger partial charge in [-0.3, -0.25) is 4.98 Å². The van der Waals surface area contributed by atoms with E-state index >= 15 is 0 Å². The number of rotatable bonds is 6. The van der Waals surface area contributed by atoms with Crippen LogP contribution >= 0.6 is 0 Å². The van der Waals surface area contributed by atoms with Crippen LogP contribution in [0, 0.1) is 5.82 Å². The van der Waals surface area contributed by atoms with Gasteiger partial charge in [-0.25, -0.2) is 4.39 Å². The maximum Gasteiger partial charge on any atom is 0.161 e. The van der Waals surface area contributed by atoms with Crippen LogP contribution in [0.2, 0.25) is 0 Å². The van der Waals surface area contributed by atoms with Crippen LogP contribution in [0.5, 0.6) is 11.5 Å². The molecule has 0 bridgehead atoms. The molecule has 1 aromatic carbocycles. The molecule has 4 nitrogen and oxygen atoms in total. The molecule has 0 aliphatic heterocycles. The lowest BCUT2D eigenvalue weighted by Crippen LogP contribution is -2.24. The fraction of sp³-hybridized carbons (Fsp3) is 0.312. The van der Waals surface area contributed by atoms with E-state index in [1.54, 1.807) is 32.5 Å². The average Bonchev–Trinajstić information content (AvgIpc) is 2.53. The third kappa shape index (κ3) is 3.31. The molecule has 1 unspecified atom stereocenters. The molecule has 2 rings (SSSR count). The van der Waals surface area contributed by atoms with Crippen LogP contribution in [0.25, 0.3) is 0 Å². The number of methoxy groups -OCH3 is 2. The monoisotopic (exact) mass is 290 g/mol. The lowest BCUT2D eigenvalue weighted by Gasteiger charge is -2.19. The Morgan fingerprint density at radius 2 is 1.95 bits per heavy atom. The molecule has 1 aromatic heterocycles. The van der Waals surface area contributed by atoms with Crippen LogP contribution in [0.3, 0.4) is 0 Å². The van der Waals surface area contributed by atoms with Crippen molar-refractivity contribution in [2.45, 2.75) is 13.0 Å². The minimum absolute atomic E-state index is 0.335. The molecule has 1 heterocycles. The van der Waals surface area contributed by atoms with Crippen molar-refractivity contribution >= 4 is 0 Å². The van der Waals surface area contributed by atoms with Gasteiger partial charge >= 0.3 is 0 Å². The molecule has 2 aromatic rings. The van der Waals surface area contributed by atoms with Crippen LogP contribution < -0.4 is 14.8 Å². The number of pyridine rings is 1. The largest absolute Gasteiger partial charge is 0.493 e. The Morgan fingerprint density at radius 1 is 1.19 bits per heavy atom. The number of nitrogens with zero attached hydrogens (tertiary/aromatic N) is 1. The molecular weight excluding hydrogens is 271 g/mol. The van der Waals surface area contributed by atoms with Crippen molar-refractivity contribution in [3.8, 4) is 11.5 Å². The highest BCUT2D eigenvalue weighted by molar-refractivity contribution is 5.45. The Bertz CT molecular complexity index is 605. The van der Waals surface area contributed by atoms with Crippen LogP contribution in [-0.2, 0) is 0 Å². The summed E-state index contributed by atoms with van der Waals surface area (Å²) in [7, 11) is 3.16. The first-order chi connectivity index (χ1) is 10.2. The minimum Gasteiger partial charge on any atom is -0.493 e. The average molecular weight is 290 g/mol. The number of nitrogens with one attached hydrogen (secondary N) is 1. The van der Waals surface area contributed by atoms with Crippen molar-refractivity contribution in [2.24, 2.45) is 0 Å². The summed E-state index contributed by atoms with van der Waals surface area (Å²) in [5.74, 6) is 0.908. The third-order valence-electron chi connectivity index (χ3n) is 3.21. The van der Waals surface area contributed by atoms with Crippen LogP contribution in [-0.4, -0.2) is 25.7 Å². The van der Waals surface area contributed by atoms with Gasteiger partial charge in [-0.2, -0.15) is 0 Å². The standard InChI is InChI=1S/C16H19FN2O2/c1-4-18-15(16-12(17)6-5-9-19-16)11-7-8-13(20-2)14(10-11)21-3/h5-10,15,18H,4H2,1-3H3. The third-order valence-corrected chi connectivity index (χ3v) is 3.21. The molecule has 0 fully saturated rings. The molecule has 0 aliphatic rings. The van der Waals surface area contributed by atoms with Gasteiger partial charge in [0, 0.05) is 6.20 Å². The summed E-state index contributed by atoms with van der Waals surface area (Å²) in [6, 6.07) is 8.17. The number of halogens is 1. The van der Waals surface area contributed by atoms with E-state index in [4.69, 9.17) is 9.47 Å². The molecule has 21 heavy (non-hydrogen) atoms. The summed E-state index contributed by atoms with van der Waals surface area (Å²) in [5, 5.41) is 3.25. The maximum atomic E-state index is 14.0. The number of hydrogen-bond donors (Lipinski definition) is 1. The van der Waals surface area contributed by atoms with Gasteiger partial charge in [-0.05, 0) is 36.4 Å². The number of hydrogen-bond acceptors (Lipinski definition) is 4. The van der Waals surface area contributed by atoms with E-state index in [0.29, 0.717) is 23.7 Å². The Labute approximate surface area is 123 Å². The zero-order valence-electron chi connectivity index (χ0n) is 12.4. The predicted octanol–water partition coefficient (Wildman–Crippen LogP) is 2.94. The van der Waals surface area contributed by atoms with E-state index in [0.717, 1.165) is 5.56 Å². The molecular formula is C16H19FN2O2. The highest BCUT2D eigenvalue weighted by atomic mass is 19.1. The summed E-state index contributed by atoms with van der Waals surface area (Å²) in [4.78, 5) is 4.16. The lowest BCUT2D eigenvalue weighted by atomic mass is 10.0. The Morgan fingerprint density at radius 3 is 2.57 bits per heavy atom. The van der Waals surface area contributed by atoms with Crippen LogP contribution in [0.15, 0.2) is 36.5 Å². The first kappa shape index (κ1) is 15.3. The van der Waals surface area contributed by atoms with Crippen molar-refractivity contribution in [3.05, 3.63) is 53.6 Å². The second-order valence-electron chi connectivity index (χ2n) is 4.48. The summed E-state index contributed by atoms with van der Waals surface area (Å²) < 4.78 is 24.5. The first-order valence-electron chi connectivity index (χ1n) is 6.77. The lowest BCUT2D eigenvalue weighted by molar-refractivity contribution is 0.354. The van der Waals surface area contributed by atoms with Crippen molar-refractivity contribution in [1.82, 2.24) is 10.3 Å². The zero-order chi connectivity index (χ0) is 15.2. The van der Waals surface area contributed by atoms with Gasteiger partial charge in [0.15, 0.2) is 11.5 Å². The van der Waals surface area contributed by atoms with Gasteiger partial charge < -0.3 is 14.8 Å². The Balaban J connectivity index is 2.46. The fourth-order valence-electron chi connectivity index (χ4n) is 2.22. The SMILES string of the molecule is CCNC(c1ccc(OC)c(OC)c1)c1ncccc1F. The summed E-state index contributed by atoms with van der Waals surface area (Å²) in [6.45, 7) is 2.66. The fourth-order valence-corrected chi connectivity index (χ4v) is 2.22. The maximum absolute atomic E-state index is 14.0. The van der Waals surface area contributed by atoms with Crippen molar-refractivity contribution < 1.29 is 13.9 Å². The first-order valence-corrected chi connectivity index (χ1v) is 6.77. The number of benzene rings is 1. The Hall–Kier alpha value is -2.14. The zero-order valence-corrected chi connectivity index (χ0v) is 12.4. The van der Waals surface area contributed by atoms with E-state index in [-0.39, 0.29) is 11.9 Å². The molecule has 5 heteroatoms. The predicted molar refractivity (Wildman–Crippen MR) is 79.3 cm³/mol. The molecule has 0 aliphatic carbocycles.